The summed E-state index contributed by atoms with van der Waals surface area (Å²) >= 11 is 0. The average Bonchev–Trinajstić information content (AvgIpc) is 2.71. The normalized spacial score (nSPS) is 10.9. The molecule has 3 nitrogen and oxygen atoms in total. The number of aromatic nitrogens is 1. The summed E-state index contributed by atoms with van der Waals surface area (Å²) in [6.07, 6.45) is 0. The first-order chi connectivity index (χ1) is 13.6. The number of anilines is 1. The minimum Gasteiger partial charge on any atom is -0.361 e. The van der Waals surface area contributed by atoms with Gasteiger partial charge in [-0.15, -0.1) is 0 Å². The van der Waals surface area contributed by atoms with Crippen LogP contribution in [0, 0.1) is 23.5 Å². The average molecular weight is 389 g/mol. The van der Waals surface area contributed by atoms with E-state index in [2.05, 4.69) is 10.3 Å². The Kier molecular flexibility index (Phi) is 6.60. The molecule has 1 aromatic heterocycles. The first kappa shape index (κ1) is 19.8. The highest BCUT2D eigenvalue weighted by molar-refractivity contribution is 5.49. The molecule has 0 saturated carbocycles. The molecule has 3 aromatic rings. The lowest BCUT2D eigenvalue weighted by atomic mass is 10.2. The predicted molar refractivity (Wildman–Crippen MR) is 99.7 cm³/mol. The fourth-order valence-corrected chi connectivity index (χ4v) is 2.87. The van der Waals surface area contributed by atoms with Crippen LogP contribution in [-0.4, -0.2) is 18.1 Å². The molecule has 0 aliphatic carbocycles. The smallest absolute Gasteiger partial charge is 0.253 e. The third kappa shape index (κ3) is 4.86. The molecule has 3 rings (SSSR count). The quantitative estimate of drug-likeness (QED) is 0.351. The van der Waals surface area contributed by atoms with Crippen molar-refractivity contribution in [2.75, 3.05) is 18.0 Å². The number of pyridine rings is 1. The molecule has 146 valence electrons. The maximum absolute atomic E-state index is 14.3. The molecule has 0 atom stereocenters. The molecule has 7 heteroatoms. The summed E-state index contributed by atoms with van der Waals surface area (Å²) < 4.78 is 55.7. The van der Waals surface area contributed by atoms with Crippen molar-refractivity contribution in [3.05, 3.63) is 95.3 Å². The van der Waals surface area contributed by atoms with Crippen LogP contribution in [0.25, 0.3) is 0 Å². The van der Waals surface area contributed by atoms with Crippen LogP contribution < -0.4 is 10.2 Å². The van der Waals surface area contributed by atoms with E-state index in [9.17, 15) is 17.6 Å². The second-order valence-electron chi connectivity index (χ2n) is 6.24. The fourth-order valence-electron chi connectivity index (χ4n) is 2.87. The molecule has 0 aliphatic heterocycles. The third-order valence-electron chi connectivity index (χ3n) is 4.24. The highest BCUT2D eigenvalue weighted by atomic mass is 19.2. The van der Waals surface area contributed by atoms with Crippen molar-refractivity contribution in [1.82, 2.24) is 10.3 Å². The molecule has 28 heavy (non-hydrogen) atoms. The molecule has 0 saturated heterocycles. The van der Waals surface area contributed by atoms with Crippen LogP contribution in [0.3, 0.4) is 0 Å². The van der Waals surface area contributed by atoms with Gasteiger partial charge in [0.05, 0.1) is 0 Å². The summed E-state index contributed by atoms with van der Waals surface area (Å²) in [7, 11) is 0. The zero-order valence-electron chi connectivity index (χ0n) is 15.0. The first-order valence-corrected chi connectivity index (χ1v) is 8.79. The van der Waals surface area contributed by atoms with Crippen molar-refractivity contribution in [3.63, 3.8) is 0 Å². The third-order valence-corrected chi connectivity index (χ3v) is 4.24. The van der Waals surface area contributed by atoms with Gasteiger partial charge in [-0.05, 0) is 11.1 Å². The van der Waals surface area contributed by atoms with Crippen molar-refractivity contribution >= 4 is 5.69 Å². The zero-order chi connectivity index (χ0) is 19.9. The van der Waals surface area contributed by atoms with Crippen molar-refractivity contribution < 1.29 is 17.6 Å². The van der Waals surface area contributed by atoms with Gasteiger partial charge in [-0.3, -0.25) is 0 Å². The Morgan fingerprint density at radius 1 is 0.750 bits per heavy atom. The van der Waals surface area contributed by atoms with Crippen LogP contribution in [0.1, 0.15) is 11.1 Å². The molecule has 1 heterocycles. The van der Waals surface area contributed by atoms with Gasteiger partial charge in [0, 0.05) is 26.2 Å². The number of nitrogens with one attached hydrogen (secondary N) is 1. The van der Waals surface area contributed by atoms with Crippen LogP contribution in [0.2, 0.25) is 0 Å². The van der Waals surface area contributed by atoms with E-state index < -0.39 is 29.2 Å². The largest absolute Gasteiger partial charge is 0.361 e. The predicted octanol–water partition coefficient (Wildman–Crippen LogP) is 4.43. The van der Waals surface area contributed by atoms with Gasteiger partial charge in [0.1, 0.15) is 5.69 Å². The number of rotatable bonds is 8. The Morgan fingerprint density at radius 2 is 1.29 bits per heavy atom. The first-order valence-electron chi connectivity index (χ1n) is 8.79. The Balaban J connectivity index is 1.78. The monoisotopic (exact) mass is 389 g/mol. The number of halogens is 4. The van der Waals surface area contributed by atoms with E-state index in [4.69, 9.17) is 0 Å². The van der Waals surface area contributed by atoms with E-state index in [-0.39, 0.29) is 13.1 Å². The van der Waals surface area contributed by atoms with Gasteiger partial charge < -0.3 is 10.2 Å². The van der Waals surface area contributed by atoms with Gasteiger partial charge in [-0.2, -0.15) is 22.5 Å². The number of hydrogen-bond donors (Lipinski definition) is 1. The van der Waals surface area contributed by atoms with Crippen molar-refractivity contribution in [3.8, 4) is 0 Å². The van der Waals surface area contributed by atoms with Crippen molar-refractivity contribution in [1.29, 1.82) is 0 Å². The van der Waals surface area contributed by atoms with Crippen LogP contribution in [0.4, 0.5) is 23.2 Å². The van der Waals surface area contributed by atoms with Crippen LogP contribution in [0.5, 0.6) is 0 Å². The van der Waals surface area contributed by atoms with Crippen LogP contribution in [-0.2, 0) is 13.1 Å². The van der Waals surface area contributed by atoms with Gasteiger partial charge in [-0.1, -0.05) is 60.7 Å². The highest BCUT2D eigenvalue weighted by Gasteiger charge is 2.25. The van der Waals surface area contributed by atoms with E-state index in [0.717, 1.165) is 11.1 Å². The maximum Gasteiger partial charge on any atom is 0.253 e. The summed E-state index contributed by atoms with van der Waals surface area (Å²) in [6, 6.07) is 18.5. The second-order valence-corrected chi connectivity index (χ2v) is 6.24. The van der Waals surface area contributed by atoms with Crippen LogP contribution >= 0.6 is 0 Å². The lowest BCUT2D eigenvalue weighted by Gasteiger charge is -2.26. The lowest BCUT2D eigenvalue weighted by molar-refractivity contribution is 0.405. The molecule has 0 aliphatic rings. The zero-order valence-corrected chi connectivity index (χ0v) is 15.0. The Labute approximate surface area is 160 Å². The van der Waals surface area contributed by atoms with Gasteiger partial charge in [0.25, 0.3) is 11.9 Å². The molecule has 0 fully saturated rings. The highest BCUT2D eigenvalue weighted by Crippen LogP contribution is 2.27. The molecule has 0 amide bonds. The minimum atomic E-state index is -1.66. The molecule has 0 radical (unpaired) electrons. The molecule has 0 spiro atoms. The van der Waals surface area contributed by atoms with E-state index in [0.29, 0.717) is 13.1 Å². The standard InChI is InChI=1S/C21H19F4N3/c22-17-19(18(23)21(25)27-20(17)24)28(14-16-9-5-2-6-10-16)12-11-26-13-15-7-3-1-4-8-15/h1-10,26H,11-14H2. The molecule has 0 unspecified atom stereocenters. The Bertz CT molecular complexity index is 878. The summed E-state index contributed by atoms with van der Waals surface area (Å²) in [5.41, 5.74) is 1.05. The van der Waals surface area contributed by atoms with Gasteiger partial charge in [-0.25, -0.2) is 0 Å². The fraction of sp³-hybridized carbons (Fsp3) is 0.190. The number of benzene rings is 2. The number of nitrogens with zero attached hydrogens (tertiary/aromatic N) is 2. The van der Waals surface area contributed by atoms with Gasteiger partial charge >= 0.3 is 0 Å². The van der Waals surface area contributed by atoms with E-state index in [1.165, 1.54) is 4.90 Å². The Hall–Kier alpha value is -2.93. The molecular formula is C21H19F4N3. The minimum absolute atomic E-state index is 0.0879. The topological polar surface area (TPSA) is 28.2 Å². The molecule has 2 aromatic carbocycles. The van der Waals surface area contributed by atoms with Crippen molar-refractivity contribution in [2.45, 2.75) is 13.1 Å². The van der Waals surface area contributed by atoms with Crippen molar-refractivity contribution in [2.24, 2.45) is 0 Å². The summed E-state index contributed by atoms with van der Waals surface area (Å²) in [5, 5.41) is 3.17. The number of hydrogen-bond acceptors (Lipinski definition) is 3. The summed E-state index contributed by atoms with van der Waals surface area (Å²) in [4.78, 5) is 3.90. The van der Waals surface area contributed by atoms with Gasteiger partial charge in [0.2, 0.25) is 11.6 Å². The second kappa shape index (κ2) is 9.32. The van der Waals surface area contributed by atoms with Gasteiger partial charge in [0.15, 0.2) is 0 Å². The Morgan fingerprint density at radius 3 is 1.86 bits per heavy atom. The van der Waals surface area contributed by atoms with E-state index in [1.807, 2.05) is 36.4 Å². The summed E-state index contributed by atoms with van der Waals surface area (Å²) in [5.74, 6) is -6.33. The maximum atomic E-state index is 14.3. The molecule has 0 bridgehead atoms. The van der Waals surface area contributed by atoms with E-state index in [1.54, 1.807) is 24.3 Å². The van der Waals surface area contributed by atoms with E-state index >= 15 is 0 Å². The van der Waals surface area contributed by atoms with Crippen LogP contribution in [0.15, 0.2) is 60.7 Å². The molecule has 1 N–H and O–H groups in total. The SMILES string of the molecule is Fc1nc(F)c(F)c(N(CCNCc2ccccc2)Cc2ccccc2)c1F. The lowest BCUT2D eigenvalue weighted by Crippen LogP contribution is -2.33. The molecular weight excluding hydrogens is 370 g/mol. The summed E-state index contributed by atoms with van der Waals surface area (Å²) in [6.45, 7) is 1.14.